The number of hydrogen-bond donors (Lipinski definition) is 8. The van der Waals surface area contributed by atoms with Crippen LogP contribution in [-0.2, 0) is 56.8 Å². The smallest absolute Gasteiger partial charge is 0.127 e. The van der Waals surface area contributed by atoms with E-state index < -0.39 is 0 Å². The van der Waals surface area contributed by atoms with Gasteiger partial charge in [0.25, 0.3) is 0 Å². The summed E-state index contributed by atoms with van der Waals surface area (Å²) in [5.74, 6) is 1.52. The molecule has 0 unspecified atom stereocenters. The van der Waals surface area contributed by atoms with Crippen molar-refractivity contribution >= 4 is 45.5 Å². The molecule has 0 saturated heterocycles. The van der Waals surface area contributed by atoms with E-state index in [1.165, 1.54) is 100 Å². The van der Waals surface area contributed by atoms with Gasteiger partial charge in [-0.05, 0) is 238 Å². The zero-order valence-electron chi connectivity index (χ0n) is 51.7. The minimum absolute atomic E-state index is 0.380. The first-order chi connectivity index (χ1) is 41.4. The van der Waals surface area contributed by atoms with Crippen LogP contribution in [0.5, 0.6) is 11.5 Å². The third-order valence-electron chi connectivity index (χ3n) is 16.6. The van der Waals surface area contributed by atoms with Crippen molar-refractivity contribution in [1.82, 2.24) is 0 Å². The summed E-state index contributed by atoms with van der Waals surface area (Å²) in [7, 11) is 0. The molecule has 9 nitrogen and oxygen atoms in total. The third-order valence-corrected chi connectivity index (χ3v) is 16.6. The number of ether oxygens (including phenoxy) is 1. The van der Waals surface area contributed by atoms with Crippen molar-refractivity contribution in [1.29, 1.82) is 0 Å². The number of benzene rings is 10. The lowest BCUT2D eigenvalue weighted by atomic mass is 9.67. The fourth-order valence-electron chi connectivity index (χ4n) is 11.9. The maximum atomic E-state index is 6.26. The Morgan fingerprint density at radius 2 is 0.558 bits per heavy atom. The van der Waals surface area contributed by atoms with Crippen LogP contribution in [-0.4, -0.2) is 0 Å². The van der Waals surface area contributed by atoms with E-state index in [0.29, 0.717) is 0 Å². The van der Waals surface area contributed by atoms with Gasteiger partial charge in [-0.15, -0.1) is 0 Å². The molecule has 0 fully saturated rings. The van der Waals surface area contributed by atoms with Crippen molar-refractivity contribution < 1.29 is 4.74 Å². The molecule has 0 saturated carbocycles. The highest BCUT2D eigenvalue weighted by Gasteiger charge is 2.45. The van der Waals surface area contributed by atoms with E-state index in [0.717, 1.165) is 108 Å². The fraction of sp³-hybridized carbons (Fsp3) is 0.221. The topological polar surface area (TPSA) is 217 Å². The highest BCUT2D eigenvalue weighted by molar-refractivity contribution is 5.86. The van der Waals surface area contributed by atoms with E-state index in [1.807, 2.05) is 48.5 Å². The average Bonchev–Trinajstić information content (AvgIpc) is 1.59. The quantitative estimate of drug-likeness (QED) is 0.0485. The molecule has 0 aromatic heterocycles. The van der Waals surface area contributed by atoms with E-state index in [-0.39, 0.29) is 5.41 Å². The van der Waals surface area contributed by atoms with Gasteiger partial charge in [0.15, 0.2) is 0 Å². The van der Waals surface area contributed by atoms with Crippen molar-refractivity contribution in [2.45, 2.75) is 112 Å². The molecule has 0 amide bonds. The second kappa shape index (κ2) is 28.3. The van der Waals surface area contributed by atoms with E-state index in [4.69, 9.17) is 50.6 Å². The number of nitrogens with two attached hydrogens (primary N) is 8. The van der Waals surface area contributed by atoms with Crippen LogP contribution in [0.25, 0.3) is 11.1 Å². The maximum Gasteiger partial charge on any atom is 0.127 e. The zero-order valence-corrected chi connectivity index (χ0v) is 51.7. The van der Waals surface area contributed by atoms with Gasteiger partial charge in [-0.2, -0.15) is 0 Å². The van der Waals surface area contributed by atoms with Gasteiger partial charge in [0, 0.05) is 45.5 Å². The second-order valence-electron chi connectivity index (χ2n) is 22.4. The van der Waals surface area contributed by atoms with Gasteiger partial charge < -0.3 is 50.6 Å². The van der Waals surface area contributed by atoms with Crippen molar-refractivity contribution in [2.75, 3.05) is 45.9 Å². The largest absolute Gasteiger partial charge is 0.457 e. The molecule has 11 rings (SSSR count). The van der Waals surface area contributed by atoms with E-state index >= 15 is 0 Å². The predicted molar refractivity (Wildman–Crippen MR) is 369 cm³/mol. The van der Waals surface area contributed by atoms with Gasteiger partial charge in [-0.1, -0.05) is 163 Å². The SMILES string of the molecule is CCc1cc(Cc2cc(C)c(N)c(CC)c2)cc(C)c1N.CCc1cc(Cc2cc(CC)c(N)c(CC)c2)cc(CC)c1N.Nc1ccc(C2(c3ccc(N)cc3)c3ccccc3-c3ccccc32)cc1.Nc1ccc(Oc2ccc(N)cc2)cc1. The molecule has 10 aromatic carbocycles. The number of aryl methyl sites for hydroxylation is 8. The summed E-state index contributed by atoms with van der Waals surface area (Å²) in [6.45, 7) is 17.2. The Hall–Kier alpha value is -9.60. The molecule has 1 aliphatic rings. The standard InChI is InChI=1S/C25H20N2.C21H30N2.C19H26N2.C12H12N2O/c26-19-13-9-17(10-14-19)25(18-11-15-20(27)16-12-18)23-7-3-1-5-21(23)22-6-2-4-8-24(22)25;1-5-16-10-14(11-17(6-2)20(16)22)9-15-12-18(7-3)21(23)19(8-4)13-15;1-5-16-10-14(7-12(3)18(16)20)9-15-8-13(4)19(21)17(6-2)11-15;13-9-1-5-11(6-2-9)15-12-7-3-10(14)4-8-12/h1-16H,26-27H2;10-13H,5-9,22-23H2,1-4H3;7-8,10-11H,5-6,9,20-21H2,1-4H3;1-8H,13-14H2. The van der Waals surface area contributed by atoms with Crippen molar-refractivity contribution in [2.24, 2.45) is 0 Å². The summed E-state index contributed by atoms with van der Waals surface area (Å²) in [6, 6.07) is 66.3. The zero-order chi connectivity index (χ0) is 61.7. The highest BCUT2D eigenvalue weighted by Crippen LogP contribution is 2.56. The molecular formula is C77H88N8O. The van der Waals surface area contributed by atoms with E-state index in [1.54, 1.807) is 24.3 Å². The summed E-state index contributed by atoms with van der Waals surface area (Å²) in [4.78, 5) is 0. The third kappa shape index (κ3) is 14.1. The monoisotopic (exact) mass is 1140 g/mol. The normalized spacial score (nSPS) is 11.6. The molecule has 1 aliphatic carbocycles. The van der Waals surface area contributed by atoms with Crippen LogP contribution in [0.3, 0.4) is 0 Å². The molecule has 442 valence electrons. The van der Waals surface area contributed by atoms with E-state index in [9.17, 15) is 0 Å². The first-order valence-electron chi connectivity index (χ1n) is 30.3. The van der Waals surface area contributed by atoms with Crippen LogP contribution in [0, 0.1) is 13.8 Å². The van der Waals surface area contributed by atoms with Crippen LogP contribution in [0.2, 0.25) is 0 Å². The molecule has 0 bridgehead atoms. The molecule has 0 aliphatic heterocycles. The lowest BCUT2D eigenvalue weighted by Crippen LogP contribution is -2.28. The minimum Gasteiger partial charge on any atom is -0.457 e. The Bertz CT molecular complexity index is 3600. The molecular weight excluding hydrogens is 1050 g/mol. The number of anilines is 8. The Kier molecular flexibility index (Phi) is 20.6. The summed E-state index contributed by atoms with van der Waals surface area (Å²) in [5.41, 5.74) is 77.1. The van der Waals surface area contributed by atoms with Gasteiger partial charge in [-0.3, -0.25) is 0 Å². The average molecular weight is 1140 g/mol. The first-order valence-corrected chi connectivity index (χ1v) is 30.3. The maximum absolute atomic E-state index is 6.26. The summed E-state index contributed by atoms with van der Waals surface area (Å²) in [6.07, 6.45) is 7.75. The number of rotatable bonds is 14. The van der Waals surface area contributed by atoms with Gasteiger partial charge in [0.1, 0.15) is 11.5 Å². The number of nitrogen functional groups attached to an aromatic ring is 8. The van der Waals surface area contributed by atoms with Gasteiger partial charge >= 0.3 is 0 Å². The van der Waals surface area contributed by atoms with Gasteiger partial charge in [0.2, 0.25) is 0 Å². The number of hydrogen-bond acceptors (Lipinski definition) is 9. The molecule has 9 heteroatoms. The molecule has 86 heavy (non-hydrogen) atoms. The Balaban J connectivity index is 0.000000152. The highest BCUT2D eigenvalue weighted by atomic mass is 16.5. The minimum atomic E-state index is -0.380. The lowest BCUT2D eigenvalue weighted by Gasteiger charge is -2.34. The van der Waals surface area contributed by atoms with Crippen molar-refractivity contribution in [3.63, 3.8) is 0 Å². The summed E-state index contributed by atoms with van der Waals surface area (Å²) >= 11 is 0. The Morgan fingerprint density at radius 1 is 0.302 bits per heavy atom. The van der Waals surface area contributed by atoms with Gasteiger partial charge in [0.05, 0.1) is 5.41 Å². The molecule has 16 N–H and O–H groups in total. The summed E-state index contributed by atoms with van der Waals surface area (Å²) < 4.78 is 5.58. The van der Waals surface area contributed by atoms with Crippen LogP contribution in [0.1, 0.15) is 131 Å². The van der Waals surface area contributed by atoms with Crippen molar-refractivity contribution in [3.05, 3.63) is 283 Å². The molecule has 0 atom stereocenters. The molecule has 0 heterocycles. The van der Waals surface area contributed by atoms with Crippen LogP contribution in [0.4, 0.5) is 45.5 Å². The molecule has 10 aromatic rings. The van der Waals surface area contributed by atoms with Crippen LogP contribution in [0.15, 0.2) is 194 Å². The fourth-order valence-corrected chi connectivity index (χ4v) is 11.9. The van der Waals surface area contributed by atoms with Crippen molar-refractivity contribution in [3.8, 4) is 22.6 Å². The second-order valence-corrected chi connectivity index (χ2v) is 22.4. The summed E-state index contributed by atoms with van der Waals surface area (Å²) in [5, 5.41) is 0. The van der Waals surface area contributed by atoms with Gasteiger partial charge in [-0.25, -0.2) is 0 Å². The molecule has 0 spiro atoms. The van der Waals surface area contributed by atoms with E-state index in [2.05, 4.69) is 177 Å². The number of fused-ring (bicyclic) bond motifs is 3. The predicted octanol–water partition coefficient (Wildman–Crippen LogP) is 16.7. The Labute approximate surface area is 511 Å². The Morgan fingerprint density at radius 3 is 0.849 bits per heavy atom. The van der Waals surface area contributed by atoms with Crippen LogP contribution >= 0.6 is 0 Å². The molecule has 0 radical (unpaired) electrons. The van der Waals surface area contributed by atoms with Crippen LogP contribution < -0.4 is 50.6 Å². The first kappa shape index (κ1) is 62.4. The lowest BCUT2D eigenvalue weighted by molar-refractivity contribution is 0.483.